The van der Waals surface area contributed by atoms with Crippen LogP contribution in [0, 0.1) is 0 Å². The molecule has 0 amide bonds. The standard InChI is InChI=1S/C16H26N3O/c1-4-17(5-2)10-11-18-14-19(12-13-20-3)16-9-7-6-8-15(16)18/h6-9,14H,4-5,10-13H2,1-3H3/q+1. The second-order valence-electron chi connectivity index (χ2n) is 5.01. The second-order valence-corrected chi connectivity index (χ2v) is 5.01. The Morgan fingerprint density at radius 3 is 2.65 bits per heavy atom. The molecule has 2 aromatic rings. The maximum absolute atomic E-state index is 5.20. The number of imidazole rings is 1. The Morgan fingerprint density at radius 2 is 1.95 bits per heavy atom. The minimum atomic E-state index is 0.745. The van der Waals surface area contributed by atoms with Crippen LogP contribution in [0.15, 0.2) is 30.6 Å². The lowest BCUT2D eigenvalue weighted by molar-refractivity contribution is -0.671. The van der Waals surface area contributed by atoms with Crippen LogP contribution >= 0.6 is 0 Å². The van der Waals surface area contributed by atoms with E-state index in [0.29, 0.717) is 0 Å². The van der Waals surface area contributed by atoms with Crippen LogP contribution in [0.2, 0.25) is 0 Å². The second kappa shape index (κ2) is 7.41. The van der Waals surface area contributed by atoms with Crippen molar-refractivity contribution in [2.45, 2.75) is 26.9 Å². The van der Waals surface area contributed by atoms with Crippen molar-refractivity contribution in [2.24, 2.45) is 0 Å². The molecule has 0 aliphatic rings. The Morgan fingerprint density at radius 1 is 1.20 bits per heavy atom. The first kappa shape index (κ1) is 15.0. The smallest absolute Gasteiger partial charge is 0.244 e. The quantitative estimate of drug-likeness (QED) is 0.687. The van der Waals surface area contributed by atoms with E-state index >= 15 is 0 Å². The molecular formula is C16H26N3O+. The van der Waals surface area contributed by atoms with E-state index in [1.165, 1.54) is 11.0 Å². The van der Waals surface area contributed by atoms with Crippen LogP contribution in [-0.4, -0.2) is 42.8 Å². The summed E-state index contributed by atoms with van der Waals surface area (Å²) in [6.45, 7) is 10.4. The Labute approximate surface area is 121 Å². The van der Waals surface area contributed by atoms with E-state index in [1.54, 1.807) is 7.11 Å². The van der Waals surface area contributed by atoms with Crippen LogP contribution in [0.5, 0.6) is 0 Å². The molecule has 4 heteroatoms. The van der Waals surface area contributed by atoms with Crippen molar-refractivity contribution < 1.29 is 9.30 Å². The van der Waals surface area contributed by atoms with E-state index in [9.17, 15) is 0 Å². The van der Waals surface area contributed by atoms with E-state index in [0.717, 1.165) is 39.3 Å². The number of rotatable bonds is 8. The highest BCUT2D eigenvalue weighted by molar-refractivity contribution is 5.71. The number of hydrogen-bond acceptors (Lipinski definition) is 2. The molecule has 0 aliphatic carbocycles. The number of nitrogens with zero attached hydrogens (tertiary/aromatic N) is 3. The third kappa shape index (κ3) is 3.38. The zero-order valence-corrected chi connectivity index (χ0v) is 12.9. The largest absolute Gasteiger partial charge is 0.381 e. The molecule has 110 valence electrons. The van der Waals surface area contributed by atoms with Gasteiger partial charge in [-0.3, -0.25) is 4.90 Å². The number of aromatic nitrogens is 2. The minimum Gasteiger partial charge on any atom is -0.381 e. The van der Waals surface area contributed by atoms with Gasteiger partial charge in [-0.05, 0) is 25.2 Å². The molecule has 0 fully saturated rings. The molecule has 0 bridgehead atoms. The summed E-state index contributed by atoms with van der Waals surface area (Å²) in [6.07, 6.45) is 2.22. The summed E-state index contributed by atoms with van der Waals surface area (Å²) in [5.41, 5.74) is 2.58. The first-order valence-electron chi connectivity index (χ1n) is 7.48. The number of likely N-dealkylation sites (N-methyl/N-ethyl adjacent to an activating group) is 1. The third-order valence-corrected chi connectivity index (χ3v) is 3.87. The maximum Gasteiger partial charge on any atom is 0.244 e. The highest BCUT2D eigenvalue weighted by Gasteiger charge is 2.15. The summed E-state index contributed by atoms with van der Waals surface area (Å²) < 4.78 is 9.83. The number of methoxy groups -OCH3 is 1. The predicted molar refractivity (Wildman–Crippen MR) is 81.8 cm³/mol. The van der Waals surface area contributed by atoms with Crippen LogP contribution in [0.4, 0.5) is 0 Å². The number of para-hydroxylation sites is 2. The van der Waals surface area contributed by atoms with Gasteiger partial charge < -0.3 is 4.74 Å². The SMILES string of the molecule is CCN(CC)CC[n+]1cn(CCOC)c2ccccc21. The minimum absolute atomic E-state index is 0.745. The fourth-order valence-corrected chi connectivity index (χ4v) is 2.58. The van der Waals surface area contributed by atoms with Crippen molar-refractivity contribution in [3.63, 3.8) is 0 Å². The highest BCUT2D eigenvalue weighted by Crippen LogP contribution is 2.10. The van der Waals surface area contributed by atoms with E-state index in [4.69, 9.17) is 4.74 Å². The van der Waals surface area contributed by atoms with Gasteiger partial charge in [-0.1, -0.05) is 26.0 Å². The first-order valence-corrected chi connectivity index (χ1v) is 7.48. The third-order valence-electron chi connectivity index (χ3n) is 3.87. The van der Waals surface area contributed by atoms with Crippen LogP contribution in [0.25, 0.3) is 11.0 Å². The van der Waals surface area contributed by atoms with Crippen LogP contribution < -0.4 is 4.57 Å². The molecule has 0 unspecified atom stereocenters. The molecule has 0 radical (unpaired) electrons. The average molecular weight is 276 g/mol. The van der Waals surface area contributed by atoms with Gasteiger partial charge in [0.25, 0.3) is 0 Å². The van der Waals surface area contributed by atoms with E-state index in [1.807, 2.05) is 0 Å². The summed E-state index contributed by atoms with van der Waals surface area (Å²) in [4.78, 5) is 2.45. The van der Waals surface area contributed by atoms with Gasteiger partial charge in [0.2, 0.25) is 6.33 Å². The lowest BCUT2D eigenvalue weighted by Gasteiger charge is -2.16. The van der Waals surface area contributed by atoms with Crippen LogP contribution in [0.3, 0.4) is 0 Å². The van der Waals surface area contributed by atoms with Gasteiger partial charge in [0.05, 0.1) is 6.61 Å². The predicted octanol–water partition coefficient (Wildman–Crippen LogP) is 1.92. The maximum atomic E-state index is 5.20. The van der Waals surface area contributed by atoms with Crippen molar-refractivity contribution in [3.05, 3.63) is 30.6 Å². The lowest BCUT2D eigenvalue weighted by atomic mass is 10.3. The summed E-state index contributed by atoms with van der Waals surface area (Å²) in [6, 6.07) is 8.58. The van der Waals surface area contributed by atoms with E-state index < -0.39 is 0 Å². The zero-order valence-electron chi connectivity index (χ0n) is 12.9. The fraction of sp³-hybridized carbons (Fsp3) is 0.562. The molecule has 1 aromatic carbocycles. The topological polar surface area (TPSA) is 21.3 Å². The molecule has 0 spiro atoms. The number of hydrogen-bond donors (Lipinski definition) is 0. The van der Waals surface area contributed by atoms with Crippen molar-refractivity contribution in [1.29, 1.82) is 0 Å². The van der Waals surface area contributed by atoms with Crippen molar-refractivity contribution in [1.82, 2.24) is 9.47 Å². The zero-order chi connectivity index (χ0) is 14.4. The average Bonchev–Trinajstić information content (AvgIpc) is 2.85. The molecule has 0 saturated carbocycles. The molecule has 4 nitrogen and oxygen atoms in total. The molecule has 0 atom stereocenters. The Balaban J connectivity index is 2.19. The van der Waals surface area contributed by atoms with Gasteiger partial charge in [0.1, 0.15) is 13.1 Å². The van der Waals surface area contributed by atoms with Crippen LogP contribution in [-0.2, 0) is 17.8 Å². The number of ether oxygens (including phenoxy) is 1. The summed E-state index contributed by atoms with van der Waals surface area (Å²) in [7, 11) is 1.75. The van der Waals surface area contributed by atoms with E-state index in [2.05, 4.69) is 58.5 Å². The molecule has 1 aromatic heterocycles. The van der Waals surface area contributed by atoms with Gasteiger partial charge >= 0.3 is 0 Å². The Bertz CT molecular complexity index is 532. The van der Waals surface area contributed by atoms with Gasteiger partial charge in [-0.25, -0.2) is 9.13 Å². The normalized spacial score (nSPS) is 11.6. The van der Waals surface area contributed by atoms with Gasteiger partial charge in [0, 0.05) is 13.7 Å². The number of fused-ring (bicyclic) bond motifs is 1. The monoisotopic (exact) mass is 276 g/mol. The lowest BCUT2D eigenvalue weighted by Crippen LogP contribution is -2.40. The molecule has 1 heterocycles. The highest BCUT2D eigenvalue weighted by atomic mass is 16.5. The number of benzene rings is 1. The fourth-order valence-electron chi connectivity index (χ4n) is 2.58. The molecule has 2 rings (SSSR count). The summed E-state index contributed by atoms with van der Waals surface area (Å²) in [5.74, 6) is 0. The first-order chi connectivity index (χ1) is 9.80. The summed E-state index contributed by atoms with van der Waals surface area (Å²) in [5, 5.41) is 0. The van der Waals surface area contributed by atoms with Crippen LogP contribution in [0.1, 0.15) is 13.8 Å². The van der Waals surface area contributed by atoms with Gasteiger partial charge in [-0.15, -0.1) is 0 Å². The molecule has 0 aliphatic heterocycles. The Kier molecular flexibility index (Phi) is 5.56. The van der Waals surface area contributed by atoms with E-state index in [-0.39, 0.29) is 0 Å². The molecular weight excluding hydrogens is 250 g/mol. The molecule has 0 saturated heterocycles. The van der Waals surface area contributed by atoms with Crippen molar-refractivity contribution >= 4 is 11.0 Å². The Hall–Kier alpha value is -1.39. The molecule has 20 heavy (non-hydrogen) atoms. The van der Waals surface area contributed by atoms with Crippen molar-refractivity contribution in [3.8, 4) is 0 Å². The molecule has 0 N–H and O–H groups in total. The summed E-state index contributed by atoms with van der Waals surface area (Å²) >= 11 is 0. The van der Waals surface area contributed by atoms with Crippen molar-refractivity contribution in [2.75, 3.05) is 33.4 Å². The van der Waals surface area contributed by atoms with Gasteiger partial charge in [0.15, 0.2) is 11.0 Å². The van der Waals surface area contributed by atoms with Gasteiger partial charge in [-0.2, -0.15) is 0 Å².